The van der Waals surface area contributed by atoms with Gasteiger partial charge in [0.1, 0.15) is 6.61 Å². The van der Waals surface area contributed by atoms with E-state index in [0.717, 1.165) is 44.9 Å². The van der Waals surface area contributed by atoms with Gasteiger partial charge < -0.3 is 15.3 Å². The van der Waals surface area contributed by atoms with Crippen molar-refractivity contribution < 1.29 is 20.1 Å². The van der Waals surface area contributed by atoms with Gasteiger partial charge in [-0.15, -0.1) is 0 Å². The maximum Gasteiger partial charge on any atom is 0.161 e. The number of aliphatic hydroxyl groups is 3. The lowest BCUT2D eigenvalue weighted by Gasteiger charge is -2.63. The fourth-order valence-electron chi connectivity index (χ4n) is 7.83. The van der Waals surface area contributed by atoms with E-state index in [0.29, 0.717) is 24.7 Å². The Hall–Kier alpha value is -0.450. The molecule has 4 nitrogen and oxygen atoms in total. The number of hydrogen-bond acceptors (Lipinski definition) is 4. The SMILES string of the molecule is C[C@]12CCC(O)CC1CC[C@@H]1[C@@H]2CC[C@]2(C)[C@@H](C(=O)CO)CC[C@@]12O. The van der Waals surface area contributed by atoms with Crippen LogP contribution in [0.3, 0.4) is 0 Å². The van der Waals surface area contributed by atoms with Crippen LogP contribution in [0.1, 0.15) is 71.6 Å². The largest absolute Gasteiger partial charge is 0.393 e. The van der Waals surface area contributed by atoms with Crippen LogP contribution in [0.4, 0.5) is 0 Å². The van der Waals surface area contributed by atoms with Gasteiger partial charge in [0.05, 0.1) is 11.7 Å². The quantitative estimate of drug-likeness (QED) is 0.715. The van der Waals surface area contributed by atoms with Crippen molar-refractivity contribution in [3.63, 3.8) is 0 Å². The Morgan fingerprint density at radius 2 is 1.76 bits per heavy atom. The molecule has 0 aliphatic heterocycles. The van der Waals surface area contributed by atoms with Gasteiger partial charge in [-0.05, 0) is 81.0 Å². The normalized spacial score (nSPS) is 55.2. The second kappa shape index (κ2) is 5.77. The van der Waals surface area contributed by atoms with Gasteiger partial charge in [0.2, 0.25) is 0 Å². The van der Waals surface area contributed by atoms with Gasteiger partial charge in [0.25, 0.3) is 0 Å². The summed E-state index contributed by atoms with van der Waals surface area (Å²) in [6.45, 7) is 4.10. The lowest BCUT2D eigenvalue weighted by molar-refractivity contribution is -0.210. The lowest BCUT2D eigenvalue weighted by Crippen LogP contribution is -2.62. The average Bonchev–Trinajstić information content (AvgIpc) is 2.86. The zero-order chi connectivity index (χ0) is 18.0. The number of Topliss-reactive ketones (excluding diaryl/α,β-unsaturated/α-hetero) is 1. The number of carbonyl (C=O) groups excluding carboxylic acids is 1. The third kappa shape index (κ3) is 2.26. The number of fused-ring (bicyclic) bond motifs is 5. The van der Waals surface area contributed by atoms with Crippen LogP contribution in [0, 0.1) is 34.5 Å². The summed E-state index contributed by atoms with van der Waals surface area (Å²) >= 11 is 0. The van der Waals surface area contributed by atoms with Crippen molar-refractivity contribution in [2.45, 2.75) is 83.3 Å². The minimum absolute atomic E-state index is 0.0856. The van der Waals surface area contributed by atoms with Crippen LogP contribution in [-0.2, 0) is 4.79 Å². The van der Waals surface area contributed by atoms with Gasteiger partial charge in [0, 0.05) is 11.3 Å². The summed E-state index contributed by atoms with van der Waals surface area (Å²) in [4.78, 5) is 12.3. The molecule has 142 valence electrons. The molecule has 4 fully saturated rings. The Bertz CT molecular complexity index is 562. The van der Waals surface area contributed by atoms with E-state index in [2.05, 4.69) is 13.8 Å². The predicted octanol–water partition coefficient (Wildman–Crippen LogP) is 2.68. The molecule has 0 bridgehead atoms. The molecule has 0 saturated heterocycles. The van der Waals surface area contributed by atoms with Crippen molar-refractivity contribution in [3.05, 3.63) is 0 Å². The summed E-state index contributed by atoms with van der Waals surface area (Å²) < 4.78 is 0. The summed E-state index contributed by atoms with van der Waals surface area (Å²) in [5, 5.41) is 31.3. The van der Waals surface area contributed by atoms with Gasteiger partial charge in [-0.25, -0.2) is 0 Å². The summed E-state index contributed by atoms with van der Waals surface area (Å²) in [7, 11) is 0. The van der Waals surface area contributed by atoms with Crippen molar-refractivity contribution in [1.29, 1.82) is 0 Å². The second-order valence-electron chi connectivity index (χ2n) is 10.0. The van der Waals surface area contributed by atoms with E-state index in [1.54, 1.807) is 0 Å². The molecule has 4 saturated carbocycles. The molecule has 4 rings (SSSR count). The second-order valence-corrected chi connectivity index (χ2v) is 10.0. The summed E-state index contributed by atoms with van der Waals surface area (Å²) in [5.41, 5.74) is -0.931. The van der Waals surface area contributed by atoms with Crippen LogP contribution in [0.2, 0.25) is 0 Å². The topological polar surface area (TPSA) is 77.8 Å². The molecular formula is C21H34O4. The third-order valence-electron chi connectivity index (χ3n) is 9.37. The molecule has 4 aliphatic rings. The Morgan fingerprint density at radius 1 is 1.00 bits per heavy atom. The van der Waals surface area contributed by atoms with Gasteiger partial charge in [-0.2, -0.15) is 0 Å². The van der Waals surface area contributed by atoms with E-state index in [1.165, 1.54) is 0 Å². The minimum Gasteiger partial charge on any atom is -0.393 e. The maximum atomic E-state index is 12.3. The van der Waals surface area contributed by atoms with Crippen molar-refractivity contribution in [2.24, 2.45) is 34.5 Å². The van der Waals surface area contributed by atoms with Crippen LogP contribution in [-0.4, -0.2) is 39.4 Å². The van der Waals surface area contributed by atoms with E-state index in [4.69, 9.17) is 0 Å². The molecule has 0 aromatic carbocycles. The first kappa shape index (κ1) is 17.9. The standard InChI is InChI=1S/C21H34O4/c1-19-8-5-14(23)11-13(19)3-4-16-15(19)6-9-20(2)17(18(24)12-22)7-10-21(16,20)25/h13-17,22-23,25H,3-12H2,1-2H3/t13?,14?,15-,16+,17+,19-,20+,21+/m0/s1. The molecule has 4 aliphatic carbocycles. The first-order valence-electron chi connectivity index (χ1n) is 10.3. The van der Waals surface area contributed by atoms with E-state index in [-0.39, 0.29) is 34.6 Å². The Balaban J connectivity index is 1.66. The summed E-state index contributed by atoms with van der Waals surface area (Å²) in [6.07, 6.45) is 8.19. The fourth-order valence-corrected chi connectivity index (χ4v) is 7.83. The Kier molecular flexibility index (Phi) is 4.14. The number of rotatable bonds is 2. The van der Waals surface area contributed by atoms with Crippen LogP contribution < -0.4 is 0 Å². The van der Waals surface area contributed by atoms with E-state index in [1.807, 2.05) is 0 Å². The summed E-state index contributed by atoms with van der Waals surface area (Å²) in [6, 6.07) is 0. The molecule has 0 heterocycles. The maximum absolute atomic E-state index is 12.3. The fraction of sp³-hybridized carbons (Fsp3) is 0.952. The highest BCUT2D eigenvalue weighted by Gasteiger charge is 2.68. The molecular weight excluding hydrogens is 316 g/mol. The summed E-state index contributed by atoms with van der Waals surface area (Å²) in [5.74, 6) is 1.06. The van der Waals surface area contributed by atoms with E-state index in [9.17, 15) is 20.1 Å². The van der Waals surface area contributed by atoms with Gasteiger partial charge in [-0.1, -0.05) is 13.8 Å². The smallest absolute Gasteiger partial charge is 0.161 e. The minimum atomic E-state index is -0.768. The molecule has 2 unspecified atom stereocenters. The highest BCUT2D eigenvalue weighted by atomic mass is 16.3. The lowest BCUT2D eigenvalue weighted by atomic mass is 9.43. The third-order valence-corrected chi connectivity index (χ3v) is 9.37. The van der Waals surface area contributed by atoms with Gasteiger partial charge in [0.15, 0.2) is 5.78 Å². The molecule has 3 N–H and O–H groups in total. The first-order valence-corrected chi connectivity index (χ1v) is 10.3. The zero-order valence-electron chi connectivity index (χ0n) is 15.7. The van der Waals surface area contributed by atoms with Crippen LogP contribution in [0.5, 0.6) is 0 Å². The van der Waals surface area contributed by atoms with Crippen molar-refractivity contribution in [1.82, 2.24) is 0 Å². The van der Waals surface area contributed by atoms with Crippen LogP contribution in [0.15, 0.2) is 0 Å². The zero-order valence-corrected chi connectivity index (χ0v) is 15.7. The Labute approximate surface area is 151 Å². The van der Waals surface area contributed by atoms with E-state index >= 15 is 0 Å². The van der Waals surface area contributed by atoms with Crippen LogP contribution in [0.25, 0.3) is 0 Å². The molecule has 0 aromatic heterocycles. The number of hydrogen-bond donors (Lipinski definition) is 3. The molecule has 0 spiro atoms. The molecule has 8 atom stereocenters. The molecule has 0 amide bonds. The van der Waals surface area contributed by atoms with Crippen molar-refractivity contribution >= 4 is 5.78 Å². The highest BCUT2D eigenvalue weighted by molar-refractivity contribution is 5.83. The predicted molar refractivity (Wildman–Crippen MR) is 94.8 cm³/mol. The number of aliphatic hydroxyl groups excluding tert-OH is 2. The molecule has 4 heteroatoms. The number of carbonyl (C=O) groups is 1. The number of ketones is 1. The van der Waals surface area contributed by atoms with Gasteiger partial charge in [-0.3, -0.25) is 4.79 Å². The van der Waals surface area contributed by atoms with Crippen molar-refractivity contribution in [2.75, 3.05) is 6.61 Å². The molecule has 0 radical (unpaired) electrons. The highest BCUT2D eigenvalue weighted by Crippen LogP contribution is 2.69. The van der Waals surface area contributed by atoms with Gasteiger partial charge >= 0.3 is 0 Å². The van der Waals surface area contributed by atoms with Crippen molar-refractivity contribution in [3.8, 4) is 0 Å². The Morgan fingerprint density at radius 3 is 2.48 bits per heavy atom. The van der Waals surface area contributed by atoms with Crippen LogP contribution >= 0.6 is 0 Å². The average molecular weight is 350 g/mol. The molecule has 25 heavy (non-hydrogen) atoms. The van der Waals surface area contributed by atoms with E-state index < -0.39 is 12.2 Å². The first-order chi connectivity index (χ1) is 11.8. The molecule has 0 aromatic rings. The monoisotopic (exact) mass is 350 g/mol.